The second kappa shape index (κ2) is 22.4. The Kier molecular flexibility index (Phi) is 15.5. The molecule has 12 nitrogen and oxygen atoms in total. The summed E-state index contributed by atoms with van der Waals surface area (Å²) in [7, 11) is 5.96. The summed E-state index contributed by atoms with van der Waals surface area (Å²) >= 11 is 6.41. The molecule has 3 aromatic heterocycles. The maximum absolute atomic E-state index is 14.7. The predicted octanol–water partition coefficient (Wildman–Crippen LogP) is 17.6. The number of hydrogen-bond acceptors (Lipinski definition) is 12. The minimum atomic E-state index is -0.448. The van der Waals surface area contributed by atoms with Crippen LogP contribution in [0.3, 0.4) is 0 Å². The number of halogens is 2. The van der Waals surface area contributed by atoms with E-state index in [9.17, 15) is 20.2 Å². The van der Waals surface area contributed by atoms with Crippen molar-refractivity contribution in [1.29, 1.82) is 15.8 Å². The molecule has 0 unspecified atom stereocenters. The normalized spacial score (nSPS) is 14.6. The summed E-state index contributed by atoms with van der Waals surface area (Å²) in [6, 6.07) is 45.5. The fourth-order valence-electron chi connectivity index (χ4n) is 11.4. The molecule has 0 atom stereocenters. The number of hydrogen-bond donors (Lipinski definition) is 0. The molecule has 0 bridgehead atoms. The Bertz CT molecular complexity index is 4040. The highest BCUT2D eigenvalue weighted by atomic mass is 35.5. The van der Waals surface area contributed by atoms with E-state index in [4.69, 9.17) is 25.2 Å². The van der Waals surface area contributed by atoms with E-state index in [0.29, 0.717) is 10.7 Å². The maximum Gasteiger partial charge on any atom is 0.146 e. The molecule has 0 aliphatic heterocycles. The van der Waals surface area contributed by atoms with Gasteiger partial charge in [-0.25, -0.2) is 4.39 Å². The number of anilines is 6. The van der Waals surface area contributed by atoms with Crippen LogP contribution in [0.25, 0.3) is 33.4 Å². The number of nitrogens with zero attached hydrogens (tertiary/aromatic N) is 9. The molecule has 3 aliphatic rings. The van der Waals surface area contributed by atoms with E-state index < -0.39 is 5.41 Å². The molecule has 420 valence electrons. The van der Waals surface area contributed by atoms with Crippen molar-refractivity contribution in [2.24, 2.45) is 0 Å². The molecule has 6 aromatic carbocycles. The monoisotopic (exact) mass is 1120 g/mol. The van der Waals surface area contributed by atoms with Gasteiger partial charge in [-0.15, -0.1) is 0 Å². The minimum absolute atomic E-state index is 0.273. The van der Waals surface area contributed by atoms with Gasteiger partial charge in [0.05, 0.1) is 57.2 Å². The molecule has 9 aromatic rings. The lowest BCUT2D eigenvalue weighted by molar-refractivity contribution is 0.393. The van der Waals surface area contributed by atoms with Crippen LogP contribution in [0.1, 0.15) is 106 Å². The maximum atomic E-state index is 14.7. The number of aromatic nitrogens is 3. The Morgan fingerprint density at radius 1 is 0.434 bits per heavy atom. The van der Waals surface area contributed by atoms with Crippen LogP contribution < -0.4 is 14.7 Å². The van der Waals surface area contributed by atoms with Gasteiger partial charge in [0.2, 0.25) is 0 Å². The zero-order valence-corrected chi connectivity index (χ0v) is 50.0. The highest BCUT2D eigenvalue weighted by Crippen LogP contribution is 2.51. The van der Waals surface area contributed by atoms with E-state index in [1.165, 1.54) is 11.6 Å². The number of nitriles is 3. The average Bonchev–Trinajstić information content (AvgIpc) is 3.77. The van der Waals surface area contributed by atoms with Crippen molar-refractivity contribution < 1.29 is 18.0 Å². The topological polar surface area (TPSA) is 159 Å². The third kappa shape index (κ3) is 11.1. The third-order valence-electron chi connectivity index (χ3n) is 17.0. The van der Waals surface area contributed by atoms with E-state index in [0.717, 1.165) is 163 Å². The first-order chi connectivity index (χ1) is 39.6. The molecule has 0 saturated heterocycles. The first-order valence-electron chi connectivity index (χ1n) is 27.9. The van der Waals surface area contributed by atoms with Crippen LogP contribution in [0.4, 0.5) is 38.5 Å². The van der Waals surface area contributed by atoms with Gasteiger partial charge < -0.3 is 28.3 Å². The van der Waals surface area contributed by atoms with Crippen LogP contribution in [0.5, 0.6) is 0 Å². The van der Waals surface area contributed by atoms with Gasteiger partial charge in [0.15, 0.2) is 0 Å². The van der Waals surface area contributed by atoms with Crippen LogP contribution in [-0.4, -0.2) is 36.6 Å². The summed E-state index contributed by atoms with van der Waals surface area (Å²) < 4.78 is 30.7. The van der Waals surface area contributed by atoms with Gasteiger partial charge in [-0.2, -0.15) is 15.8 Å². The molecular formula is C69H67ClFN9O3. The molecule has 0 spiro atoms. The third-order valence-corrected chi connectivity index (χ3v) is 17.3. The lowest BCUT2D eigenvalue weighted by atomic mass is 9.96. The van der Waals surface area contributed by atoms with Gasteiger partial charge in [-0.3, -0.25) is 0 Å². The largest absolute Gasteiger partial charge is 0.361 e. The van der Waals surface area contributed by atoms with Crippen LogP contribution in [0.2, 0.25) is 5.02 Å². The molecule has 12 rings (SSSR count). The van der Waals surface area contributed by atoms with Gasteiger partial charge in [0.1, 0.15) is 23.1 Å². The van der Waals surface area contributed by atoms with Crippen molar-refractivity contribution in [3.8, 4) is 51.6 Å². The molecule has 3 aliphatic carbocycles. The zero-order valence-electron chi connectivity index (χ0n) is 49.2. The standard InChI is InChI=1S/C23H22ClN3O.C23H22FN3O.C23H23N3O/c1-14-5-6-17(22-15(2)26-28-16(22)3)9-21(14)27(4)20-11-18(10-19(24)12-20)23(13-25)7-8-23;1-14-5-6-17(22-15(2)26-28-16(22)3)11-20(14)27(4)21-12-18(7-8-19(21)24)23(13-25)9-10-23;1-15-8-9-18(22-16(2)25-27-17(22)3)12-21(15)26(4)20-7-5-6-19(13-20)23(14-24)10-11-23/h5-6,9-12H,7-8H2,1-4H3;5-8,11-12H,9-10H2,1-4H3;5-9,12-13H,10-11H2,1-4H3. The second-order valence-electron chi connectivity index (χ2n) is 22.8. The Balaban J connectivity index is 0.000000139. The summed E-state index contributed by atoms with van der Waals surface area (Å²) in [5, 5.41) is 41.4. The van der Waals surface area contributed by atoms with Gasteiger partial charge in [0, 0.05) is 71.3 Å². The van der Waals surface area contributed by atoms with Crippen molar-refractivity contribution in [1.82, 2.24) is 15.5 Å². The first-order valence-corrected chi connectivity index (χ1v) is 28.3. The van der Waals surface area contributed by atoms with Crippen LogP contribution in [0, 0.1) is 102 Å². The quantitative estimate of drug-likeness (QED) is 0.114. The summed E-state index contributed by atoms with van der Waals surface area (Å²) in [4.78, 5) is 6.16. The molecule has 0 radical (unpaired) electrons. The van der Waals surface area contributed by atoms with E-state index in [-0.39, 0.29) is 16.6 Å². The molecule has 0 amide bonds. The van der Waals surface area contributed by atoms with Crippen molar-refractivity contribution in [3.05, 3.63) is 194 Å². The highest BCUT2D eigenvalue weighted by molar-refractivity contribution is 6.31. The summed E-state index contributed by atoms with van der Waals surface area (Å²) in [5.74, 6) is 2.09. The molecule has 83 heavy (non-hydrogen) atoms. The van der Waals surface area contributed by atoms with Crippen molar-refractivity contribution in [2.75, 3.05) is 35.8 Å². The predicted molar refractivity (Wildman–Crippen MR) is 327 cm³/mol. The fourth-order valence-corrected chi connectivity index (χ4v) is 11.6. The van der Waals surface area contributed by atoms with E-state index in [1.54, 1.807) is 6.07 Å². The van der Waals surface area contributed by atoms with Gasteiger partial charge in [0.25, 0.3) is 0 Å². The Labute approximate surface area is 490 Å². The van der Waals surface area contributed by atoms with E-state index in [2.05, 4.69) is 125 Å². The number of aryl methyl sites for hydroxylation is 9. The fraction of sp³-hybridized carbons (Fsp3) is 0.304. The summed E-state index contributed by atoms with van der Waals surface area (Å²) in [5.41, 5.74) is 19.8. The highest BCUT2D eigenvalue weighted by Gasteiger charge is 2.47. The minimum Gasteiger partial charge on any atom is -0.361 e. The van der Waals surface area contributed by atoms with E-state index in [1.807, 2.05) is 110 Å². The van der Waals surface area contributed by atoms with Gasteiger partial charge in [-0.1, -0.05) is 81.7 Å². The average molecular weight is 1120 g/mol. The molecule has 3 heterocycles. The van der Waals surface area contributed by atoms with E-state index >= 15 is 0 Å². The second-order valence-corrected chi connectivity index (χ2v) is 23.2. The first kappa shape index (κ1) is 57.3. The molecule has 14 heteroatoms. The molecule has 3 saturated carbocycles. The molecule has 0 N–H and O–H groups in total. The lowest BCUT2D eigenvalue weighted by Crippen LogP contribution is -2.14. The summed E-state index contributed by atoms with van der Waals surface area (Å²) in [6.07, 6.45) is 5.37. The number of rotatable bonds is 12. The Morgan fingerprint density at radius 3 is 1.22 bits per heavy atom. The molecule has 3 fully saturated rings. The van der Waals surface area contributed by atoms with Crippen molar-refractivity contribution in [2.45, 2.75) is 117 Å². The SMILES string of the molecule is Cc1ccc(-c2c(C)noc2C)cc1N(C)c1cc(C2(C#N)CC2)ccc1F.Cc1ccc(-c2c(C)noc2C)cc1N(C)c1cc(Cl)cc(C2(C#N)CC2)c1.Cc1ccc(-c2c(C)noc2C)cc1N(C)c1cccc(C2(C#N)CC2)c1. The van der Waals surface area contributed by atoms with Crippen molar-refractivity contribution >= 4 is 45.7 Å². The Hall–Kier alpha value is -8.96. The van der Waals surface area contributed by atoms with Crippen LogP contribution in [-0.2, 0) is 16.2 Å². The lowest BCUT2D eigenvalue weighted by Gasteiger charge is -2.24. The summed E-state index contributed by atoms with van der Waals surface area (Å²) in [6.45, 7) is 17.8. The zero-order chi connectivity index (χ0) is 59.3. The van der Waals surface area contributed by atoms with Gasteiger partial charge >= 0.3 is 0 Å². The smallest absolute Gasteiger partial charge is 0.146 e. The Morgan fingerprint density at radius 2 is 0.819 bits per heavy atom. The van der Waals surface area contributed by atoms with Crippen LogP contribution >= 0.6 is 11.6 Å². The van der Waals surface area contributed by atoms with Crippen LogP contribution in [0.15, 0.2) is 129 Å². The molecular weight excluding hydrogens is 1060 g/mol. The van der Waals surface area contributed by atoms with Crippen molar-refractivity contribution in [3.63, 3.8) is 0 Å². The number of benzene rings is 6. The van der Waals surface area contributed by atoms with Gasteiger partial charge in [-0.05, 0) is 212 Å².